The topological polar surface area (TPSA) is 70.6 Å². The monoisotopic (exact) mass is 366 g/mol. The maximum atomic E-state index is 12.4. The van der Waals surface area contributed by atoms with E-state index in [9.17, 15) is 9.90 Å². The lowest BCUT2D eigenvalue weighted by atomic mass is 9.75. The Morgan fingerprint density at radius 1 is 1.11 bits per heavy atom. The van der Waals surface area contributed by atoms with Crippen LogP contribution in [-0.2, 0) is 0 Å². The lowest BCUT2D eigenvalue weighted by Gasteiger charge is -2.50. The second-order valence-corrected chi connectivity index (χ2v) is 8.52. The molecule has 2 aliphatic rings. The van der Waals surface area contributed by atoms with Gasteiger partial charge < -0.3 is 20.5 Å². The molecular formula is C22H26N2O3. The van der Waals surface area contributed by atoms with Crippen LogP contribution in [0.25, 0.3) is 0 Å². The SMILES string of the molecule is Cc1ccccc1C1CC2(CC(C)(C)NC(=O)N2)Oc2cc(O)cc(C)c21. The van der Waals surface area contributed by atoms with Crippen molar-refractivity contribution in [1.82, 2.24) is 10.6 Å². The summed E-state index contributed by atoms with van der Waals surface area (Å²) in [6, 6.07) is 11.5. The lowest BCUT2D eigenvalue weighted by Crippen LogP contribution is -2.69. The number of rotatable bonds is 1. The highest BCUT2D eigenvalue weighted by molar-refractivity contribution is 5.77. The quantitative estimate of drug-likeness (QED) is 0.711. The molecule has 0 radical (unpaired) electrons. The number of nitrogens with one attached hydrogen (secondary N) is 2. The molecule has 2 amide bonds. The van der Waals surface area contributed by atoms with Crippen LogP contribution in [0, 0.1) is 13.8 Å². The Bertz CT molecular complexity index is 922. The zero-order valence-electron chi connectivity index (χ0n) is 16.2. The first-order valence-corrected chi connectivity index (χ1v) is 9.36. The predicted octanol–water partition coefficient (Wildman–Crippen LogP) is 4.10. The molecule has 2 aromatic rings. The molecule has 0 aliphatic carbocycles. The van der Waals surface area contributed by atoms with Crippen molar-refractivity contribution in [2.75, 3.05) is 0 Å². The van der Waals surface area contributed by atoms with Gasteiger partial charge in [0.05, 0.1) is 0 Å². The number of carbonyl (C=O) groups excluding carboxylic acids is 1. The zero-order valence-corrected chi connectivity index (χ0v) is 16.2. The summed E-state index contributed by atoms with van der Waals surface area (Å²) in [4.78, 5) is 12.4. The number of ether oxygens (including phenoxy) is 1. The standard InChI is InChI=1S/C22H26N2O3/c1-13-7-5-6-8-16(13)17-11-22(12-21(3,4)23-20(26)24-22)27-18-10-15(25)9-14(2)19(17)18/h5-10,17,25H,11-12H2,1-4H3,(H2,23,24,26). The van der Waals surface area contributed by atoms with Gasteiger partial charge in [0.2, 0.25) is 0 Å². The first kappa shape index (κ1) is 17.7. The Morgan fingerprint density at radius 2 is 1.85 bits per heavy atom. The number of aryl methyl sites for hydroxylation is 2. The van der Waals surface area contributed by atoms with E-state index in [4.69, 9.17) is 4.74 Å². The Kier molecular flexibility index (Phi) is 3.88. The molecule has 5 heteroatoms. The molecule has 1 saturated heterocycles. The van der Waals surface area contributed by atoms with Crippen LogP contribution < -0.4 is 15.4 Å². The van der Waals surface area contributed by atoms with Gasteiger partial charge in [0.15, 0.2) is 5.72 Å². The van der Waals surface area contributed by atoms with E-state index in [2.05, 4.69) is 29.7 Å². The minimum Gasteiger partial charge on any atom is -0.508 e. The number of hydrogen-bond donors (Lipinski definition) is 3. The highest BCUT2D eigenvalue weighted by atomic mass is 16.5. The number of phenolic OH excluding ortho intramolecular Hbond substituents is 1. The van der Waals surface area contributed by atoms with Crippen molar-refractivity contribution in [2.45, 2.75) is 57.7 Å². The van der Waals surface area contributed by atoms with E-state index in [-0.39, 0.29) is 23.2 Å². The molecule has 1 spiro atoms. The Labute approximate surface area is 159 Å². The Morgan fingerprint density at radius 3 is 2.56 bits per heavy atom. The van der Waals surface area contributed by atoms with Crippen LogP contribution in [0.2, 0.25) is 0 Å². The average Bonchev–Trinajstić information content (AvgIpc) is 2.51. The van der Waals surface area contributed by atoms with E-state index in [1.54, 1.807) is 12.1 Å². The van der Waals surface area contributed by atoms with Gasteiger partial charge in [0.25, 0.3) is 0 Å². The van der Waals surface area contributed by atoms with E-state index in [0.717, 1.165) is 11.1 Å². The smallest absolute Gasteiger partial charge is 0.318 e. The fraction of sp³-hybridized carbons (Fsp3) is 0.409. The normalized spacial score (nSPS) is 25.9. The van der Waals surface area contributed by atoms with Crippen LogP contribution in [0.4, 0.5) is 4.79 Å². The molecule has 2 unspecified atom stereocenters. The molecule has 142 valence electrons. The molecule has 2 aliphatic heterocycles. The van der Waals surface area contributed by atoms with Gasteiger partial charge in [0, 0.05) is 35.9 Å². The van der Waals surface area contributed by atoms with Crippen molar-refractivity contribution in [3.63, 3.8) is 0 Å². The number of amides is 2. The molecule has 1 fully saturated rings. The van der Waals surface area contributed by atoms with E-state index < -0.39 is 5.72 Å². The molecule has 4 rings (SSSR count). The van der Waals surface area contributed by atoms with Gasteiger partial charge in [-0.3, -0.25) is 0 Å². The second-order valence-electron chi connectivity index (χ2n) is 8.52. The highest BCUT2D eigenvalue weighted by Gasteiger charge is 2.50. The van der Waals surface area contributed by atoms with Crippen LogP contribution in [0.3, 0.4) is 0 Å². The minimum atomic E-state index is -0.813. The van der Waals surface area contributed by atoms with Crippen molar-refractivity contribution in [3.8, 4) is 11.5 Å². The molecule has 27 heavy (non-hydrogen) atoms. The van der Waals surface area contributed by atoms with Gasteiger partial charge >= 0.3 is 6.03 Å². The molecule has 0 aromatic heterocycles. The summed E-state index contributed by atoms with van der Waals surface area (Å²) >= 11 is 0. The minimum absolute atomic E-state index is 0.0738. The number of fused-ring (bicyclic) bond motifs is 1. The molecule has 2 aromatic carbocycles. The number of hydrogen-bond acceptors (Lipinski definition) is 3. The Balaban J connectivity index is 1.89. The second kappa shape index (κ2) is 5.91. The summed E-state index contributed by atoms with van der Waals surface area (Å²) < 4.78 is 6.39. The predicted molar refractivity (Wildman–Crippen MR) is 104 cm³/mol. The summed E-state index contributed by atoms with van der Waals surface area (Å²) in [5, 5.41) is 16.1. The number of benzene rings is 2. The van der Waals surface area contributed by atoms with Gasteiger partial charge in [-0.2, -0.15) is 0 Å². The van der Waals surface area contributed by atoms with E-state index in [1.807, 2.05) is 32.9 Å². The van der Waals surface area contributed by atoms with Crippen molar-refractivity contribution < 1.29 is 14.6 Å². The van der Waals surface area contributed by atoms with Crippen molar-refractivity contribution in [3.05, 3.63) is 58.7 Å². The van der Waals surface area contributed by atoms with E-state index in [1.165, 1.54) is 11.1 Å². The molecule has 5 nitrogen and oxygen atoms in total. The van der Waals surface area contributed by atoms with Crippen LogP contribution in [0.5, 0.6) is 11.5 Å². The maximum Gasteiger partial charge on any atom is 0.318 e. The van der Waals surface area contributed by atoms with Gasteiger partial charge in [-0.1, -0.05) is 24.3 Å². The van der Waals surface area contributed by atoms with Crippen LogP contribution in [-0.4, -0.2) is 22.4 Å². The number of phenols is 1. The first-order valence-electron chi connectivity index (χ1n) is 9.36. The largest absolute Gasteiger partial charge is 0.508 e. The zero-order chi connectivity index (χ0) is 19.4. The molecule has 0 saturated carbocycles. The third kappa shape index (κ3) is 3.11. The fourth-order valence-electron chi connectivity index (χ4n) is 4.74. The van der Waals surface area contributed by atoms with Crippen LogP contribution >= 0.6 is 0 Å². The molecular weight excluding hydrogens is 340 g/mol. The van der Waals surface area contributed by atoms with Crippen molar-refractivity contribution in [1.29, 1.82) is 0 Å². The lowest BCUT2D eigenvalue weighted by molar-refractivity contribution is -0.0237. The summed E-state index contributed by atoms with van der Waals surface area (Å²) in [6.45, 7) is 8.11. The van der Waals surface area contributed by atoms with E-state index >= 15 is 0 Å². The summed E-state index contributed by atoms with van der Waals surface area (Å²) in [5.74, 6) is 0.890. The summed E-state index contributed by atoms with van der Waals surface area (Å²) in [5.41, 5.74) is 3.30. The number of urea groups is 1. The number of aromatic hydroxyl groups is 1. The van der Waals surface area contributed by atoms with Gasteiger partial charge in [0.1, 0.15) is 11.5 Å². The summed E-state index contributed by atoms with van der Waals surface area (Å²) in [7, 11) is 0. The number of carbonyl (C=O) groups is 1. The van der Waals surface area contributed by atoms with Gasteiger partial charge in [-0.15, -0.1) is 0 Å². The Hall–Kier alpha value is -2.69. The van der Waals surface area contributed by atoms with Gasteiger partial charge in [-0.25, -0.2) is 4.79 Å². The highest BCUT2D eigenvalue weighted by Crippen LogP contribution is 2.49. The first-order chi connectivity index (χ1) is 12.7. The van der Waals surface area contributed by atoms with Crippen LogP contribution in [0.1, 0.15) is 54.9 Å². The van der Waals surface area contributed by atoms with Gasteiger partial charge in [-0.05, 0) is 50.5 Å². The van der Waals surface area contributed by atoms with E-state index in [0.29, 0.717) is 18.6 Å². The third-order valence-electron chi connectivity index (χ3n) is 5.61. The van der Waals surface area contributed by atoms with Crippen molar-refractivity contribution >= 4 is 6.03 Å². The molecule has 2 atom stereocenters. The molecule has 0 bridgehead atoms. The molecule has 3 N–H and O–H groups in total. The van der Waals surface area contributed by atoms with Crippen LogP contribution in [0.15, 0.2) is 36.4 Å². The maximum absolute atomic E-state index is 12.4. The summed E-state index contributed by atoms with van der Waals surface area (Å²) in [6.07, 6.45) is 1.27. The average molecular weight is 366 g/mol. The fourth-order valence-corrected chi connectivity index (χ4v) is 4.74. The molecule has 2 heterocycles. The third-order valence-corrected chi connectivity index (χ3v) is 5.61. The van der Waals surface area contributed by atoms with Crippen molar-refractivity contribution in [2.24, 2.45) is 0 Å².